The molecule has 0 heterocycles. The summed E-state index contributed by atoms with van der Waals surface area (Å²) < 4.78 is 26.2. The number of sulfonamides is 1. The van der Waals surface area contributed by atoms with Crippen molar-refractivity contribution in [2.45, 2.75) is 24.7 Å². The maximum absolute atomic E-state index is 11.9. The van der Waals surface area contributed by atoms with E-state index in [-0.39, 0.29) is 16.1 Å². The van der Waals surface area contributed by atoms with E-state index in [4.69, 9.17) is 10.8 Å². The first kappa shape index (κ1) is 14.5. The molecule has 0 amide bonds. The number of rotatable bonds is 6. The van der Waals surface area contributed by atoms with Crippen molar-refractivity contribution in [2.24, 2.45) is 0 Å². The molecule has 18 heavy (non-hydrogen) atoms. The minimum absolute atomic E-state index is 0.0417. The van der Waals surface area contributed by atoms with Crippen LogP contribution in [0.1, 0.15) is 30.1 Å². The summed E-state index contributed by atoms with van der Waals surface area (Å²) in [6, 6.07) is 3.55. The molecule has 0 aliphatic carbocycles. The Balaban J connectivity index is 2.99. The summed E-state index contributed by atoms with van der Waals surface area (Å²) in [5.41, 5.74) is 5.45. The molecule has 4 N–H and O–H groups in total. The first-order valence-electron chi connectivity index (χ1n) is 5.51. The fourth-order valence-electron chi connectivity index (χ4n) is 1.39. The Hall–Kier alpha value is -1.60. The van der Waals surface area contributed by atoms with E-state index >= 15 is 0 Å². The van der Waals surface area contributed by atoms with Gasteiger partial charge in [0, 0.05) is 6.54 Å². The zero-order valence-corrected chi connectivity index (χ0v) is 10.8. The van der Waals surface area contributed by atoms with Gasteiger partial charge in [-0.15, -0.1) is 0 Å². The first-order chi connectivity index (χ1) is 8.38. The molecule has 6 nitrogen and oxygen atoms in total. The lowest BCUT2D eigenvalue weighted by atomic mass is 10.2. The quantitative estimate of drug-likeness (QED) is 0.529. The van der Waals surface area contributed by atoms with Gasteiger partial charge in [-0.05, 0) is 24.6 Å². The number of nitrogen functional groups attached to an aromatic ring is 1. The predicted molar refractivity (Wildman–Crippen MR) is 67.9 cm³/mol. The summed E-state index contributed by atoms with van der Waals surface area (Å²) >= 11 is 0. The zero-order valence-electron chi connectivity index (χ0n) is 10.0. The Morgan fingerprint density at radius 2 is 2.11 bits per heavy atom. The minimum atomic E-state index is -3.67. The molecule has 0 fully saturated rings. The van der Waals surface area contributed by atoms with E-state index in [1.807, 2.05) is 6.92 Å². The van der Waals surface area contributed by atoms with E-state index in [1.165, 1.54) is 12.1 Å². The number of hydrogen-bond acceptors (Lipinski definition) is 4. The molecule has 0 aromatic heterocycles. The molecular formula is C11H16N2O4S. The van der Waals surface area contributed by atoms with Gasteiger partial charge in [-0.3, -0.25) is 0 Å². The molecule has 0 spiro atoms. The number of carboxylic acid groups (broad SMARTS) is 1. The van der Waals surface area contributed by atoms with Gasteiger partial charge in [0.2, 0.25) is 10.0 Å². The van der Waals surface area contributed by atoms with Crippen molar-refractivity contribution in [1.29, 1.82) is 0 Å². The molecule has 100 valence electrons. The molecule has 0 saturated heterocycles. The Labute approximate surface area is 106 Å². The molecule has 0 radical (unpaired) electrons. The zero-order chi connectivity index (χ0) is 13.8. The Bertz CT molecular complexity index is 540. The van der Waals surface area contributed by atoms with Gasteiger partial charge >= 0.3 is 5.97 Å². The lowest BCUT2D eigenvalue weighted by Gasteiger charge is -2.09. The van der Waals surface area contributed by atoms with E-state index in [1.54, 1.807) is 0 Å². The standard InChI is InChI=1S/C11H16N2O4S/c1-2-3-6-13-18(16,17)10-5-4-8(11(14)15)7-9(10)12/h4-5,7,13H,2-3,6,12H2,1H3,(H,14,15). The molecule has 0 aliphatic rings. The number of unbranched alkanes of at least 4 members (excludes halogenated alkanes) is 1. The number of anilines is 1. The van der Waals surface area contributed by atoms with Gasteiger partial charge in [0.05, 0.1) is 11.3 Å². The van der Waals surface area contributed by atoms with Crippen LogP contribution in [0.4, 0.5) is 5.69 Å². The molecule has 1 rings (SSSR count). The van der Waals surface area contributed by atoms with E-state index in [0.29, 0.717) is 6.54 Å². The smallest absolute Gasteiger partial charge is 0.335 e. The summed E-state index contributed by atoms with van der Waals surface area (Å²) in [4.78, 5) is 10.6. The number of carbonyl (C=O) groups is 1. The maximum atomic E-state index is 11.9. The summed E-state index contributed by atoms with van der Waals surface area (Å²) in [6.45, 7) is 2.28. The molecule has 0 bridgehead atoms. The molecule has 1 aromatic carbocycles. The number of nitrogens with one attached hydrogen (secondary N) is 1. The average Bonchev–Trinajstić information content (AvgIpc) is 2.28. The Morgan fingerprint density at radius 1 is 1.44 bits per heavy atom. The van der Waals surface area contributed by atoms with Crippen LogP contribution in [-0.2, 0) is 10.0 Å². The van der Waals surface area contributed by atoms with Crippen molar-refractivity contribution >= 4 is 21.7 Å². The van der Waals surface area contributed by atoms with Crippen LogP contribution in [0, 0.1) is 0 Å². The SMILES string of the molecule is CCCCNS(=O)(=O)c1ccc(C(=O)O)cc1N. The molecule has 0 unspecified atom stereocenters. The fourth-order valence-corrected chi connectivity index (χ4v) is 2.57. The highest BCUT2D eigenvalue weighted by molar-refractivity contribution is 7.89. The highest BCUT2D eigenvalue weighted by Crippen LogP contribution is 2.19. The van der Waals surface area contributed by atoms with Crippen LogP contribution in [0.2, 0.25) is 0 Å². The predicted octanol–water partition coefficient (Wildman–Crippen LogP) is 1.05. The third-order valence-corrected chi connectivity index (χ3v) is 3.90. The lowest BCUT2D eigenvalue weighted by molar-refractivity contribution is 0.0697. The van der Waals surface area contributed by atoms with Crippen molar-refractivity contribution in [3.05, 3.63) is 23.8 Å². The van der Waals surface area contributed by atoms with Crippen molar-refractivity contribution in [2.75, 3.05) is 12.3 Å². The van der Waals surface area contributed by atoms with Crippen molar-refractivity contribution < 1.29 is 18.3 Å². The van der Waals surface area contributed by atoms with E-state index < -0.39 is 16.0 Å². The monoisotopic (exact) mass is 272 g/mol. The van der Waals surface area contributed by atoms with Crippen LogP contribution in [-0.4, -0.2) is 26.0 Å². The van der Waals surface area contributed by atoms with Gasteiger partial charge in [0.25, 0.3) is 0 Å². The van der Waals surface area contributed by atoms with Crippen LogP contribution in [0.3, 0.4) is 0 Å². The van der Waals surface area contributed by atoms with Crippen molar-refractivity contribution in [3.8, 4) is 0 Å². The number of hydrogen-bond donors (Lipinski definition) is 3. The van der Waals surface area contributed by atoms with E-state index in [9.17, 15) is 13.2 Å². The first-order valence-corrected chi connectivity index (χ1v) is 6.99. The van der Waals surface area contributed by atoms with Gasteiger partial charge < -0.3 is 10.8 Å². The highest BCUT2D eigenvalue weighted by atomic mass is 32.2. The van der Waals surface area contributed by atoms with Gasteiger partial charge in [-0.1, -0.05) is 13.3 Å². The number of carboxylic acids is 1. The van der Waals surface area contributed by atoms with Gasteiger partial charge in [-0.25, -0.2) is 17.9 Å². The van der Waals surface area contributed by atoms with E-state index in [0.717, 1.165) is 18.9 Å². The molecular weight excluding hydrogens is 256 g/mol. The highest BCUT2D eigenvalue weighted by Gasteiger charge is 2.18. The Kier molecular flexibility index (Phi) is 4.69. The van der Waals surface area contributed by atoms with Crippen LogP contribution < -0.4 is 10.5 Å². The van der Waals surface area contributed by atoms with E-state index in [2.05, 4.69) is 4.72 Å². The maximum Gasteiger partial charge on any atom is 0.335 e. The summed E-state index contributed by atoms with van der Waals surface area (Å²) in [5, 5.41) is 8.76. The summed E-state index contributed by atoms with van der Waals surface area (Å²) in [5.74, 6) is -1.15. The minimum Gasteiger partial charge on any atom is -0.478 e. The van der Waals surface area contributed by atoms with Gasteiger partial charge in [-0.2, -0.15) is 0 Å². The molecule has 7 heteroatoms. The normalized spacial score (nSPS) is 11.4. The van der Waals surface area contributed by atoms with Gasteiger partial charge in [0.1, 0.15) is 4.90 Å². The van der Waals surface area contributed by atoms with Crippen molar-refractivity contribution in [1.82, 2.24) is 4.72 Å². The topological polar surface area (TPSA) is 109 Å². The van der Waals surface area contributed by atoms with Crippen LogP contribution in [0.15, 0.2) is 23.1 Å². The van der Waals surface area contributed by atoms with Crippen molar-refractivity contribution in [3.63, 3.8) is 0 Å². The summed E-state index contributed by atoms with van der Waals surface area (Å²) in [6.07, 6.45) is 1.60. The molecule has 0 atom stereocenters. The third-order valence-electron chi connectivity index (χ3n) is 2.37. The lowest BCUT2D eigenvalue weighted by Crippen LogP contribution is -2.25. The second kappa shape index (κ2) is 5.83. The number of benzene rings is 1. The summed E-state index contributed by atoms with van der Waals surface area (Å²) in [7, 11) is -3.67. The Morgan fingerprint density at radius 3 is 2.61 bits per heavy atom. The average molecular weight is 272 g/mol. The molecule has 0 aliphatic heterocycles. The number of aromatic carboxylic acids is 1. The number of nitrogens with two attached hydrogens (primary N) is 1. The fraction of sp³-hybridized carbons (Fsp3) is 0.364. The third kappa shape index (κ3) is 3.44. The largest absolute Gasteiger partial charge is 0.478 e. The molecule has 0 saturated carbocycles. The van der Waals surface area contributed by atoms with Crippen LogP contribution in [0.25, 0.3) is 0 Å². The van der Waals surface area contributed by atoms with Gasteiger partial charge in [0.15, 0.2) is 0 Å². The second-order valence-corrected chi connectivity index (χ2v) is 5.54. The molecule has 1 aromatic rings. The van der Waals surface area contributed by atoms with Crippen LogP contribution in [0.5, 0.6) is 0 Å². The second-order valence-electron chi connectivity index (χ2n) is 3.81. The van der Waals surface area contributed by atoms with Crippen LogP contribution >= 0.6 is 0 Å².